The second kappa shape index (κ2) is 6.37. The Morgan fingerprint density at radius 2 is 1.71 bits per heavy atom. The number of nitrogens with two attached hydrogens (primary N) is 1. The van der Waals surface area contributed by atoms with Gasteiger partial charge in [-0.15, -0.1) is 0 Å². The van der Waals surface area contributed by atoms with E-state index in [1.807, 2.05) is 0 Å². The van der Waals surface area contributed by atoms with Gasteiger partial charge in [-0.3, -0.25) is 0 Å². The Bertz CT molecular complexity index is 611. The third-order valence-corrected chi connectivity index (χ3v) is 3.23. The van der Waals surface area contributed by atoms with Crippen LogP contribution in [0.25, 0.3) is 0 Å². The fraction of sp³-hybridized carbons (Fsp3) is 0.200. The minimum Gasteiger partial charge on any atom is -0.487 e. The maximum Gasteiger partial charge on any atom is 0.416 e. The molecule has 0 unspecified atom stereocenters. The minimum atomic E-state index is -4.34. The predicted octanol–water partition coefficient (Wildman–Crippen LogP) is 4.40. The van der Waals surface area contributed by atoms with Crippen molar-refractivity contribution in [1.82, 2.24) is 0 Å². The van der Waals surface area contributed by atoms with Gasteiger partial charge in [-0.25, -0.2) is 0 Å². The Labute approximate surface area is 125 Å². The molecule has 0 saturated heterocycles. The van der Waals surface area contributed by atoms with Gasteiger partial charge in [0.15, 0.2) is 0 Å². The number of rotatable bonds is 4. The first-order chi connectivity index (χ1) is 9.91. The van der Waals surface area contributed by atoms with Crippen molar-refractivity contribution in [2.45, 2.75) is 19.3 Å². The normalized spacial score (nSPS) is 11.5. The molecule has 0 amide bonds. The molecule has 2 rings (SSSR count). The summed E-state index contributed by atoms with van der Waals surface area (Å²) in [5.74, 6) is 0.460. The topological polar surface area (TPSA) is 35.2 Å². The van der Waals surface area contributed by atoms with Crippen LogP contribution in [0.5, 0.6) is 5.75 Å². The number of alkyl halides is 3. The Hall–Kier alpha value is -1.72. The van der Waals surface area contributed by atoms with Gasteiger partial charge in [-0.05, 0) is 23.8 Å². The standard InChI is InChI=1S/C15H13ClF3NO/c16-13-3-1-2-11(8-20)14(13)21-9-10-4-6-12(7-5-10)15(17,18)19/h1-7H,8-9,20H2. The minimum absolute atomic E-state index is 0.120. The summed E-state index contributed by atoms with van der Waals surface area (Å²) in [5.41, 5.74) is 6.27. The molecule has 0 saturated carbocycles. The van der Waals surface area contributed by atoms with E-state index in [4.69, 9.17) is 22.1 Å². The summed E-state index contributed by atoms with van der Waals surface area (Å²) >= 11 is 6.03. The van der Waals surface area contributed by atoms with Crippen molar-refractivity contribution >= 4 is 11.6 Å². The lowest BCUT2D eigenvalue weighted by atomic mass is 10.1. The molecule has 0 aliphatic rings. The summed E-state index contributed by atoms with van der Waals surface area (Å²) in [6.07, 6.45) is -4.34. The van der Waals surface area contributed by atoms with Crippen molar-refractivity contribution in [3.63, 3.8) is 0 Å². The molecule has 0 bridgehead atoms. The lowest BCUT2D eigenvalue weighted by Gasteiger charge is -2.13. The van der Waals surface area contributed by atoms with Crippen molar-refractivity contribution in [3.8, 4) is 5.75 Å². The number of halogens is 4. The van der Waals surface area contributed by atoms with E-state index in [1.54, 1.807) is 18.2 Å². The molecule has 0 heterocycles. The molecule has 2 aromatic carbocycles. The highest BCUT2D eigenvalue weighted by Crippen LogP contribution is 2.31. The zero-order valence-corrected chi connectivity index (χ0v) is 11.7. The third-order valence-electron chi connectivity index (χ3n) is 2.93. The van der Waals surface area contributed by atoms with Crippen LogP contribution in [0, 0.1) is 0 Å². The van der Waals surface area contributed by atoms with Crippen LogP contribution in [-0.2, 0) is 19.3 Å². The van der Waals surface area contributed by atoms with Crippen LogP contribution < -0.4 is 10.5 Å². The summed E-state index contributed by atoms with van der Waals surface area (Å²) < 4.78 is 43.0. The van der Waals surface area contributed by atoms with Crippen LogP contribution in [-0.4, -0.2) is 0 Å². The smallest absolute Gasteiger partial charge is 0.416 e. The van der Waals surface area contributed by atoms with Crippen molar-refractivity contribution in [2.75, 3.05) is 0 Å². The van der Waals surface area contributed by atoms with E-state index >= 15 is 0 Å². The molecule has 0 radical (unpaired) electrons. The molecule has 21 heavy (non-hydrogen) atoms. The van der Waals surface area contributed by atoms with E-state index in [2.05, 4.69) is 0 Å². The SMILES string of the molecule is NCc1cccc(Cl)c1OCc1ccc(C(F)(F)F)cc1. The number of benzene rings is 2. The zero-order chi connectivity index (χ0) is 15.5. The van der Waals surface area contributed by atoms with E-state index < -0.39 is 11.7 Å². The zero-order valence-electron chi connectivity index (χ0n) is 11.0. The van der Waals surface area contributed by atoms with E-state index in [9.17, 15) is 13.2 Å². The highest BCUT2D eigenvalue weighted by molar-refractivity contribution is 6.32. The molecule has 6 heteroatoms. The van der Waals surface area contributed by atoms with Gasteiger partial charge in [0.25, 0.3) is 0 Å². The number of ether oxygens (including phenoxy) is 1. The molecule has 112 valence electrons. The third kappa shape index (κ3) is 3.89. The second-order valence-electron chi connectivity index (χ2n) is 4.42. The summed E-state index contributed by atoms with van der Waals surface area (Å²) in [6.45, 7) is 0.387. The number of hydrogen-bond acceptors (Lipinski definition) is 2. The highest BCUT2D eigenvalue weighted by Gasteiger charge is 2.29. The van der Waals surface area contributed by atoms with Crippen molar-refractivity contribution in [2.24, 2.45) is 5.73 Å². The van der Waals surface area contributed by atoms with Crippen molar-refractivity contribution in [1.29, 1.82) is 0 Å². The van der Waals surface area contributed by atoms with Gasteiger partial charge >= 0.3 is 6.18 Å². The molecule has 2 N–H and O–H groups in total. The Kier molecular flexibility index (Phi) is 4.75. The first-order valence-corrected chi connectivity index (χ1v) is 6.56. The van der Waals surface area contributed by atoms with Gasteiger partial charge in [-0.2, -0.15) is 13.2 Å². The van der Waals surface area contributed by atoms with Gasteiger partial charge in [0, 0.05) is 12.1 Å². The Morgan fingerprint density at radius 1 is 1.05 bits per heavy atom. The van der Waals surface area contributed by atoms with Crippen molar-refractivity contribution < 1.29 is 17.9 Å². The van der Waals surface area contributed by atoms with Gasteiger partial charge in [0.1, 0.15) is 12.4 Å². The fourth-order valence-electron chi connectivity index (χ4n) is 1.82. The fourth-order valence-corrected chi connectivity index (χ4v) is 2.07. The van der Waals surface area contributed by atoms with Crippen LogP contribution >= 0.6 is 11.6 Å². The lowest BCUT2D eigenvalue weighted by Crippen LogP contribution is -2.06. The van der Waals surface area contributed by atoms with Gasteiger partial charge in [0.05, 0.1) is 10.6 Å². The number of hydrogen-bond donors (Lipinski definition) is 1. The first kappa shape index (κ1) is 15.7. The summed E-state index contributed by atoms with van der Waals surface area (Å²) in [7, 11) is 0. The molecule has 2 aromatic rings. The molecule has 0 aliphatic carbocycles. The predicted molar refractivity (Wildman–Crippen MR) is 75.1 cm³/mol. The molecule has 0 aliphatic heterocycles. The molecular weight excluding hydrogens is 303 g/mol. The van der Waals surface area contributed by atoms with Gasteiger partial charge < -0.3 is 10.5 Å². The van der Waals surface area contributed by atoms with Crippen LogP contribution in [0.4, 0.5) is 13.2 Å². The lowest BCUT2D eigenvalue weighted by molar-refractivity contribution is -0.137. The van der Waals surface area contributed by atoms with E-state index in [1.165, 1.54) is 12.1 Å². The van der Waals surface area contributed by atoms with Crippen LogP contribution in [0.15, 0.2) is 42.5 Å². The van der Waals surface area contributed by atoms with Crippen LogP contribution in [0.3, 0.4) is 0 Å². The summed E-state index contributed by atoms with van der Waals surface area (Å²) in [5, 5.41) is 0.421. The summed E-state index contributed by atoms with van der Waals surface area (Å²) in [4.78, 5) is 0. The second-order valence-corrected chi connectivity index (χ2v) is 4.82. The molecule has 0 atom stereocenters. The van der Waals surface area contributed by atoms with E-state index in [0.29, 0.717) is 16.3 Å². The average molecular weight is 316 g/mol. The Balaban J connectivity index is 2.10. The quantitative estimate of drug-likeness (QED) is 0.907. The van der Waals surface area contributed by atoms with E-state index in [0.717, 1.165) is 17.7 Å². The van der Waals surface area contributed by atoms with Crippen LogP contribution in [0.2, 0.25) is 5.02 Å². The monoisotopic (exact) mass is 315 g/mol. The summed E-state index contributed by atoms with van der Waals surface area (Å²) in [6, 6.07) is 10.0. The average Bonchev–Trinajstić information content (AvgIpc) is 2.45. The van der Waals surface area contributed by atoms with Gasteiger partial charge in [-0.1, -0.05) is 35.9 Å². The molecule has 0 aromatic heterocycles. The first-order valence-electron chi connectivity index (χ1n) is 6.18. The highest BCUT2D eigenvalue weighted by atomic mass is 35.5. The molecule has 2 nitrogen and oxygen atoms in total. The maximum absolute atomic E-state index is 12.5. The largest absolute Gasteiger partial charge is 0.487 e. The van der Waals surface area contributed by atoms with Gasteiger partial charge in [0.2, 0.25) is 0 Å². The number of para-hydroxylation sites is 1. The Morgan fingerprint density at radius 3 is 2.29 bits per heavy atom. The molecule has 0 spiro atoms. The van der Waals surface area contributed by atoms with Crippen LogP contribution in [0.1, 0.15) is 16.7 Å². The molecule has 0 fully saturated rings. The van der Waals surface area contributed by atoms with Crippen molar-refractivity contribution in [3.05, 3.63) is 64.2 Å². The maximum atomic E-state index is 12.5. The molecular formula is C15H13ClF3NO. The van der Waals surface area contributed by atoms with E-state index in [-0.39, 0.29) is 13.2 Å².